The van der Waals surface area contributed by atoms with E-state index in [1.165, 1.54) is 14.2 Å². The number of aromatic amines is 2. The first-order valence-electron chi connectivity index (χ1n) is 21.9. The monoisotopic (exact) mass is 844 g/mol. The van der Waals surface area contributed by atoms with Gasteiger partial charge in [-0.2, -0.15) is 0 Å². The van der Waals surface area contributed by atoms with E-state index in [-0.39, 0.29) is 35.7 Å². The molecule has 0 spiro atoms. The van der Waals surface area contributed by atoms with Crippen LogP contribution < -0.4 is 10.6 Å². The summed E-state index contributed by atoms with van der Waals surface area (Å²) in [5, 5.41) is 5.48. The fraction of sp³-hybridized carbons (Fsp3) is 0.458. The molecule has 2 aromatic heterocycles. The Morgan fingerprint density at radius 3 is 1.58 bits per heavy atom. The van der Waals surface area contributed by atoms with Crippen LogP contribution in [-0.2, 0) is 19.1 Å². The molecular weight excluding hydrogens is 785 g/mol. The zero-order valence-electron chi connectivity index (χ0n) is 37.0. The van der Waals surface area contributed by atoms with E-state index in [1.54, 1.807) is 0 Å². The van der Waals surface area contributed by atoms with Gasteiger partial charge in [0.15, 0.2) is 0 Å². The highest BCUT2D eigenvalue weighted by Gasteiger charge is 2.42. The van der Waals surface area contributed by atoms with Gasteiger partial charge in [-0.1, -0.05) is 109 Å². The molecule has 6 atom stereocenters. The summed E-state index contributed by atoms with van der Waals surface area (Å²) in [5.74, 6) is 1.66. The van der Waals surface area contributed by atoms with Crippen molar-refractivity contribution in [2.75, 3.05) is 27.3 Å². The SMILES string of the molecule is CC[C@H]1C[C@@H](c2nc(-c3ccc(-c4ccc(-c5ccc6[nH]c([C@@H]7C[C@H](CC)CN7C(=O)[C@@H](NC(=O)OC)C(C)C)nc6c5)cc4)cc3)c[nH]2)N(C(=O)[C@@H](NC(=O)OC)C(C)C)C1. The zero-order chi connectivity index (χ0) is 44.2. The molecule has 0 saturated carbocycles. The zero-order valence-corrected chi connectivity index (χ0v) is 37.0. The predicted octanol–water partition coefficient (Wildman–Crippen LogP) is 8.65. The molecular formula is C48H60N8O6. The summed E-state index contributed by atoms with van der Waals surface area (Å²) in [5.41, 5.74) is 7.73. The number of amides is 4. The average Bonchev–Trinajstić information content (AvgIpc) is 4.11. The van der Waals surface area contributed by atoms with Crippen LogP contribution in [0.5, 0.6) is 0 Å². The largest absolute Gasteiger partial charge is 0.453 e. The molecule has 4 amide bonds. The third kappa shape index (κ3) is 9.19. The van der Waals surface area contributed by atoms with Gasteiger partial charge in [-0.3, -0.25) is 9.59 Å². The molecule has 0 unspecified atom stereocenters. The Hall–Kier alpha value is -6.18. The Morgan fingerprint density at radius 1 is 0.661 bits per heavy atom. The lowest BCUT2D eigenvalue weighted by atomic mass is 9.99. The van der Waals surface area contributed by atoms with Crippen molar-refractivity contribution < 1.29 is 28.7 Å². The minimum Gasteiger partial charge on any atom is -0.453 e. The van der Waals surface area contributed by atoms with E-state index >= 15 is 0 Å². The molecule has 62 heavy (non-hydrogen) atoms. The summed E-state index contributed by atoms with van der Waals surface area (Å²) < 4.78 is 9.62. The Bertz CT molecular complexity index is 2370. The Labute approximate surface area is 363 Å². The Kier molecular flexibility index (Phi) is 13.3. The number of fused-ring (bicyclic) bond motifs is 1. The van der Waals surface area contributed by atoms with E-state index in [0.717, 1.165) is 81.9 Å². The third-order valence-corrected chi connectivity index (χ3v) is 12.7. The number of H-pyrrole nitrogens is 2. The highest BCUT2D eigenvalue weighted by molar-refractivity contribution is 5.88. The van der Waals surface area contributed by atoms with E-state index < -0.39 is 24.3 Å². The number of carbonyl (C=O) groups is 4. The van der Waals surface area contributed by atoms with Crippen molar-refractivity contribution in [3.63, 3.8) is 0 Å². The van der Waals surface area contributed by atoms with Gasteiger partial charge in [-0.05, 0) is 70.9 Å². The van der Waals surface area contributed by atoms with Gasteiger partial charge in [0, 0.05) is 24.8 Å². The fourth-order valence-electron chi connectivity index (χ4n) is 8.91. The Morgan fingerprint density at radius 2 is 1.11 bits per heavy atom. The molecule has 0 bridgehead atoms. The molecule has 328 valence electrons. The molecule has 4 N–H and O–H groups in total. The summed E-state index contributed by atoms with van der Waals surface area (Å²) >= 11 is 0. The smallest absolute Gasteiger partial charge is 0.407 e. The van der Waals surface area contributed by atoms with Crippen LogP contribution in [0.2, 0.25) is 0 Å². The number of carbonyl (C=O) groups excluding carboxylic acids is 4. The van der Waals surface area contributed by atoms with E-state index in [9.17, 15) is 19.2 Å². The highest BCUT2D eigenvalue weighted by Crippen LogP contribution is 2.39. The molecule has 0 aliphatic carbocycles. The summed E-state index contributed by atoms with van der Waals surface area (Å²) in [6, 6.07) is 21.1. The van der Waals surface area contributed by atoms with Gasteiger partial charge in [0.1, 0.15) is 23.7 Å². The number of aromatic nitrogens is 4. The number of imidazole rings is 2. The number of methoxy groups -OCH3 is 2. The molecule has 2 aliphatic heterocycles. The minimum atomic E-state index is -0.702. The number of hydrogen-bond donors (Lipinski definition) is 4. The summed E-state index contributed by atoms with van der Waals surface area (Å²) in [4.78, 5) is 72.5. The van der Waals surface area contributed by atoms with Gasteiger partial charge in [-0.25, -0.2) is 19.6 Å². The lowest BCUT2D eigenvalue weighted by molar-refractivity contribution is -0.136. The predicted molar refractivity (Wildman–Crippen MR) is 239 cm³/mol. The van der Waals surface area contributed by atoms with Crippen molar-refractivity contribution >= 4 is 35.0 Å². The van der Waals surface area contributed by atoms with Crippen LogP contribution in [0.25, 0.3) is 44.5 Å². The van der Waals surface area contributed by atoms with Crippen LogP contribution in [0.15, 0.2) is 72.9 Å². The van der Waals surface area contributed by atoms with Crippen molar-refractivity contribution in [2.45, 2.75) is 91.4 Å². The molecule has 4 heterocycles. The second-order valence-corrected chi connectivity index (χ2v) is 17.4. The lowest BCUT2D eigenvalue weighted by Gasteiger charge is -2.30. The first-order chi connectivity index (χ1) is 29.8. The van der Waals surface area contributed by atoms with Gasteiger partial charge < -0.3 is 39.9 Å². The van der Waals surface area contributed by atoms with Crippen molar-refractivity contribution in [1.82, 2.24) is 40.4 Å². The van der Waals surface area contributed by atoms with Gasteiger partial charge >= 0.3 is 12.2 Å². The van der Waals surface area contributed by atoms with E-state index in [1.807, 2.05) is 49.8 Å². The van der Waals surface area contributed by atoms with Crippen molar-refractivity contribution in [2.24, 2.45) is 23.7 Å². The van der Waals surface area contributed by atoms with E-state index in [4.69, 9.17) is 19.4 Å². The second-order valence-electron chi connectivity index (χ2n) is 17.4. The van der Waals surface area contributed by atoms with Crippen LogP contribution in [0.4, 0.5) is 9.59 Å². The molecule has 2 aliphatic rings. The van der Waals surface area contributed by atoms with Gasteiger partial charge in [-0.15, -0.1) is 0 Å². The summed E-state index contributed by atoms with van der Waals surface area (Å²) in [7, 11) is 2.60. The van der Waals surface area contributed by atoms with Crippen LogP contribution in [0.1, 0.15) is 91.0 Å². The number of likely N-dealkylation sites (tertiary alicyclic amines) is 2. The number of alkyl carbamates (subject to hydrolysis) is 2. The highest BCUT2D eigenvalue weighted by atomic mass is 16.5. The maximum absolute atomic E-state index is 13.9. The molecule has 7 rings (SSSR count). The summed E-state index contributed by atoms with van der Waals surface area (Å²) in [6.07, 6.45) is 4.12. The molecule has 3 aromatic carbocycles. The number of nitrogens with zero attached hydrogens (tertiary/aromatic N) is 4. The molecule has 2 fully saturated rings. The van der Waals surface area contributed by atoms with Crippen molar-refractivity contribution in [3.05, 3.63) is 84.6 Å². The number of rotatable bonds is 13. The molecule has 14 nitrogen and oxygen atoms in total. The third-order valence-electron chi connectivity index (χ3n) is 12.7. The first kappa shape index (κ1) is 43.9. The van der Waals surface area contributed by atoms with Crippen LogP contribution in [0.3, 0.4) is 0 Å². The molecule has 0 radical (unpaired) electrons. The first-order valence-corrected chi connectivity index (χ1v) is 21.9. The summed E-state index contributed by atoms with van der Waals surface area (Å²) in [6.45, 7) is 13.2. The second kappa shape index (κ2) is 18.8. The van der Waals surface area contributed by atoms with E-state index in [2.05, 4.69) is 95.1 Å². The van der Waals surface area contributed by atoms with Crippen molar-refractivity contribution in [3.8, 4) is 33.5 Å². The van der Waals surface area contributed by atoms with Gasteiger partial charge in [0.05, 0.1) is 43.0 Å². The molecule has 2 saturated heterocycles. The molecule has 5 aromatic rings. The number of ether oxygens (including phenoxy) is 2. The average molecular weight is 845 g/mol. The molecule has 14 heteroatoms. The van der Waals surface area contributed by atoms with Crippen LogP contribution in [-0.4, -0.2) is 93.1 Å². The topological polar surface area (TPSA) is 175 Å². The lowest BCUT2D eigenvalue weighted by Crippen LogP contribution is -2.51. The Balaban J connectivity index is 1.04. The van der Waals surface area contributed by atoms with Crippen molar-refractivity contribution in [1.29, 1.82) is 0 Å². The fourth-order valence-corrected chi connectivity index (χ4v) is 8.91. The maximum Gasteiger partial charge on any atom is 0.407 e. The van der Waals surface area contributed by atoms with Gasteiger partial charge in [0.25, 0.3) is 0 Å². The van der Waals surface area contributed by atoms with E-state index in [0.29, 0.717) is 24.9 Å². The quantitative estimate of drug-likeness (QED) is 0.0911. The van der Waals surface area contributed by atoms with Gasteiger partial charge in [0.2, 0.25) is 11.8 Å². The standard InChI is InChI=1S/C48H60N8O6/c1-9-29-21-39(55(25-29)45(57)41(27(3)4)53-47(59)61-7)43-49-24-38(52-43)34-17-15-32(16-18-34)31-11-13-33(14-12-31)35-19-20-36-37(23-35)51-44(50-36)40-22-30(10-2)26-56(40)46(58)42(28(5)6)54-48(60)62-8/h11-20,23-24,27-30,39-42H,9-10,21-22,25-26H2,1-8H3,(H,49,52)(H,50,51)(H,53,59)(H,54,60)/t29-,30-,39-,40-,41-,42-/m0/s1. The maximum atomic E-state index is 13.9. The number of hydrogen-bond acceptors (Lipinski definition) is 8. The minimum absolute atomic E-state index is 0.114. The van der Waals surface area contributed by atoms with Crippen LogP contribution in [0, 0.1) is 23.7 Å². The van der Waals surface area contributed by atoms with Crippen LogP contribution >= 0.6 is 0 Å². The normalized spacial score (nSPS) is 19.8. The number of nitrogens with one attached hydrogen (secondary N) is 4. The number of benzene rings is 3.